The van der Waals surface area contributed by atoms with E-state index in [1.807, 2.05) is 11.9 Å². The summed E-state index contributed by atoms with van der Waals surface area (Å²) in [5.41, 5.74) is 1.41. The lowest BCUT2D eigenvalue weighted by Gasteiger charge is -2.21. The SMILES string of the molecule is CNC(=O)c1cccnc1N(C)Cc1ccc(F)cc1Br. The number of pyridine rings is 1. The molecule has 21 heavy (non-hydrogen) atoms. The Bertz CT molecular complexity index is 663. The quantitative estimate of drug-likeness (QED) is 0.920. The van der Waals surface area contributed by atoms with Crippen molar-refractivity contribution in [2.45, 2.75) is 6.54 Å². The van der Waals surface area contributed by atoms with Crippen molar-refractivity contribution >= 4 is 27.7 Å². The summed E-state index contributed by atoms with van der Waals surface area (Å²) < 4.78 is 13.8. The van der Waals surface area contributed by atoms with Gasteiger partial charge in [0.1, 0.15) is 11.6 Å². The second kappa shape index (κ2) is 6.67. The van der Waals surface area contributed by atoms with E-state index in [9.17, 15) is 9.18 Å². The number of aromatic nitrogens is 1. The van der Waals surface area contributed by atoms with Crippen molar-refractivity contribution in [2.24, 2.45) is 0 Å². The molecule has 1 aromatic carbocycles. The summed E-state index contributed by atoms with van der Waals surface area (Å²) >= 11 is 3.34. The van der Waals surface area contributed by atoms with Crippen molar-refractivity contribution < 1.29 is 9.18 Å². The Balaban J connectivity index is 2.28. The fraction of sp³-hybridized carbons (Fsp3) is 0.200. The number of nitrogens with one attached hydrogen (secondary N) is 1. The number of benzene rings is 1. The molecule has 2 aromatic rings. The molecule has 1 heterocycles. The minimum absolute atomic E-state index is 0.192. The molecule has 0 aliphatic carbocycles. The zero-order valence-corrected chi connectivity index (χ0v) is 13.3. The normalized spacial score (nSPS) is 10.3. The van der Waals surface area contributed by atoms with Gasteiger partial charge >= 0.3 is 0 Å². The summed E-state index contributed by atoms with van der Waals surface area (Å²) in [5.74, 6) is 0.0911. The Morgan fingerprint density at radius 3 is 2.86 bits per heavy atom. The van der Waals surface area contributed by atoms with Crippen molar-refractivity contribution in [3.05, 3.63) is 57.9 Å². The predicted molar refractivity (Wildman–Crippen MR) is 83.8 cm³/mol. The molecule has 0 spiro atoms. The van der Waals surface area contributed by atoms with Crippen LogP contribution in [0.4, 0.5) is 10.2 Å². The van der Waals surface area contributed by atoms with Gasteiger partial charge < -0.3 is 10.2 Å². The number of halogens is 2. The average molecular weight is 352 g/mol. The van der Waals surface area contributed by atoms with Crippen LogP contribution in [0.1, 0.15) is 15.9 Å². The highest BCUT2D eigenvalue weighted by Crippen LogP contribution is 2.23. The number of hydrogen-bond donors (Lipinski definition) is 1. The number of nitrogens with zero attached hydrogens (tertiary/aromatic N) is 2. The fourth-order valence-corrected chi connectivity index (χ4v) is 2.47. The van der Waals surface area contributed by atoms with Crippen LogP contribution in [-0.4, -0.2) is 25.0 Å². The van der Waals surface area contributed by atoms with Gasteiger partial charge in [-0.1, -0.05) is 22.0 Å². The monoisotopic (exact) mass is 351 g/mol. The molecule has 0 unspecified atom stereocenters. The molecular formula is C15H15BrFN3O. The molecule has 0 fully saturated rings. The van der Waals surface area contributed by atoms with Gasteiger partial charge in [-0.25, -0.2) is 9.37 Å². The number of carbonyl (C=O) groups excluding carboxylic acids is 1. The number of rotatable bonds is 4. The first-order valence-corrected chi connectivity index (χ1v) is 7.14. The third-order valence-corrected chi connectivity index (χ3v) is 3.78. The highest BCUT2D eigenvalue weighted by atomic mass is 79.9. The first kappa shape index (κ1) is 15.4. The van der Waals surface area contributed by atoms with Gasteiger partial charge in [0.2, 0.25) is 0 Å². The molecule has 1 aromatic heterocycles. The molecule has 4 nitrogen and oxygen atoms in total. The Morgan fingerprint density at radius 1 is 1.43 bits per heavy atom. The van der Waals surface area contributed by atoms with Gasteiger partial charge in [-0.15, -0.1) is 0 Å². The molecule has 0 radical (unpaired) electrons. The largest absolute Gasteiger partial charge is 0.355 e. The second-order valence-corrected chi connectivity index (χ2v) is 5.40. The Hall–Kier alpha value is -1.95. The number of hydrogen-bond acceptors (Lipinski definition) is 3. The average Bonchev–Trinajstić information content (AvgIpc) is 2.49. The van der Waals surface area contributed by atoms with E-state index in [0.717, 1.165) is 5.56 Å². The minimum atomic E-state index is -0.294. The Kier molecular flexibility index (Phi) is 4.90. The molecule has 0 bridgehead atoms. The second-order valence-electron chi connectivity index (χ2n) is 4.55. The van der Waals surface area contributed by atoms with Crippen LogP contribution in [0, 0.1) is 5.82 Å². The van der Waals surface area contributed by atoms with Crippen LogP contribution in [0.5, 0.6) is 0 Å². The number of anilines is 1. The zero-order chi connectivity index (χ0) is 15.4. The van der Waals surface area contributed by atoms with Crippen LogP contribution in [0.3, 0.4) is 0 Å². The van der Waals surface area contributed by atoms with Gasteiger partial charge in [-0.2, -0.15) is 0 Å². The van der Waals surface area contributed by atoms with Crippen molar-refractivity contribution in [1.82, 2.24) is 10.3 Å². The summed E-state index contributed by atoms with van der Waals surface area (Å²) in [6, 6.07) is 7.97. The van der Waals surface area contributed by atoms with E-state index < -0.39 is 0 Å². The summed E-state index contributed by atoms with van der Waals surface area (Å²) in [6.07, 6.45) is 1.64. The van der Waals surface area contributed by atoms with E-state index in [2.05, 4.69) is 26.2 Å². The summed E-state index contributed by atoms with van der Waals surface area (Å²) in [4.78, 5) is 18.0. The van der Waals surface area contributed by atoms with Crippen LogP contribution >= 0.6 is 15.9 Å². The maximum absolute atomic E-state index is 13.1. The van der Waals surface area contributed by atoms with Crippen molar-refractivity contribution in [3.8, 4) is 0 Å². The van der Waals surface area contributed by atoms with Gasteiger partial charge in [-0.05, 0) is 29.8 Å². The van der Waals surface area contributed by atoms with Crippen molar-refractivity contribution in [1.29, 1.82) is 0 Å². The molecule has 1 N–H and O–H groups in total. The predicted octanol–water partition coefficient (Wildman–Crippen LogP) is 2.98. The lowest BCUT2D eigenvalue weighted by molar-refractivity contribution is 0.0963. The molecular weight excluding hydrogens is 337 g/mol. The molecule has 2 rings (SSSR count). The van der Waals surface area contributed by atoms with Gasteiger partial charge in [0.25, 0.3) is 5.91 Å². The summed E-state index contributed by atoms with van der Waals surface area (Å²) in [7, 11) is 3.42. The first-order valence-electron chi connectivity index (χ1n) is 6.35. The first-order chi connectivity index (χ1) is 10.0. The standard InChI is InChI=1S/C15H15BrFN3O/c1-18-15(21)12-4-3-7-19-14(12)20(2)9-10-5-6-11(17)8-13(10)16/h3-8H,9H2,1-2H3,(H,18,21). The molecule has 0 saturated carbocycles. The zero-order valence-electron chi connectivity index (χ0n) is 11.7. The van der Waals surface area contributed by atoms with Gasteiger partial charge in [0, 0.05) is 31.3 Å². The molecule has 110 valence electrons. The Labute approximate surface area is 131 Å². The third kappa shape index (κ3) is 3.58. The van der Waals surface area contributed by atoms with Crippen molar-refractivity contribution in [2.75, 3.05) is 19.0 Å². The summed E-state index contributed by atoms with van der Waals surface area (Å²) in [5, 5.41) is 2.59. The molecule has 0 atom stereocenters. The molecule has 0 saturated heterocycles. The molecule has 6 heteroatoms. The lowest BCUT2D eigenvalue weighted by Crippen LogP contribution is -2.25. The van der Waals surface area contributed by atoms with Crippen molar-refractivity contribution in [3.63, 3.8) is 0 Å². The highest BCUT2D eigenvalue weighted by molar-refractivity contribution is 9.10. The van der Waals surface area contributed by atoms with E-state index in [1.54, 1.807) is 31.4 Å². The highest BCUT2D eigenvalue weighted by Gasteiger charge is 2.15. The van der Waals surface area contributed by atoms with Crippen LogP contribution in [0.25, 0.3) is 0 Å². The van der Waals surface area contributed by atoms with Crippen LogP contribution in [0.15, 0.2) is 41.0 Å². The van der Waals surface area contributed by atoms with E-state index >= 15 is 0 Å². The van der Waals surface area contributed by atoms with E-state index in [4.69, 9.17) is 0 Å². The van der Waals surface area contributed by atoms with Gasteiger partial charge in [-0.3, -0.25) is 4.79 Å². The maximum atomic E-state index is 13.1. The third-order valence-electron chi connectivity index (χ3n) is 3.04. The number of amides is 1. The van der Waals surface area contributed by atoms with E-state index in [-0.39, 0.29) is 11.7 Å². The molecule has 0 aliphatic rings. The van der Waals surface area contributed by atoms with Crippen LogP contribution < -0.4 is 10.2 Å². The van der Waals surface area contributed by atoms with Gasteiger partial charge in [0.05, 0.1) is 5.56 Å². The number of carbonyl (C=O) groups is 1. The van der Waals surface area contributed by atoms with Gasteiger partial charge in [0.15, 0.2) is 0 Å². The Morgan fingerprint density at radius 2 is 2.19 bits per heavy atom. The lowest BCUT2D eigenvalue weighted by atomic mass is 10.2. The minimum Gasteiger partial charge on any atom is -0.355 e. The van der Waals surface area contributed by atoms with Crippen LogP contribution in [-0.2, 0) is 6.54 Å². The maximum Gasteiger partial charge on any atom is 0.254 e. The van der Waals surface area contributed by atoms with Crippen LogP contribution in [0.2, 0.25) is 0 Å². The van der Waals surface area contributed by atoms with E-state index in [1.165, 1.54) is 12.1 Å². The van der Waals surface area contributed by atoms with E-state index in [0.29, 0.717) is 22.4 Å². The molecule has 1 amide bonds. The topological polar surface area (TPSA) is 45.2 Å². The molecule has 0 aliphatic heterocycles. The fourth-order valence-electron chi connectivity index (χ4n) is 1.99. The smallest absolute Gasteiger partial charge is 0.254 e. The summed E-state index contributed by atoms with van der Waals surface area (Å²) in [6.45, 7) is 0.502.